The highest BCUT2D eigenvalue weighted by molar-refractivity contribution is 5.76. The molecule has 0 aliphatic rings. The van der Waals surface area contributed by atoms with Crippen molar-refractivity contribution in [2.24, 2.45) is 11.8 Å². The average molecular weight is 295 g/mol. The summed E-state index contributed by atoms with van der Waals surface area (Å²) < 4.78 is 13.1. The van der Waals surface area contributed by atoms with E-state index in [-0.39, 0.29) is 30.0 Å². The largest absolute Gasteiger partial charge is 0.481 e. The van der Waals surface area contributed by atoms with E-state index in [1.165, 1.54) is 12.1 Å². The van der Waals surface area contributed by atoms with Gasteiger partial charge in [-0.1, -0.05) is 26.0 Å². The lowest BCUT2D eigenvalue weighted by Crippen LogP contribution is -2.30. The van der Waals surface area contributed by atoms with Crippen molar-refractivity contribution in [1.82, 2.24) is 5.32 Å². The van der Waals surface area contributed by atoms with Crippen LogP contribution in [-0.2, 0) is 16.0 Å². The zero-order valence-electron chi connectivity index (χ0n) is 12.4. The van der Waals surface area contributed by atoms with Crippen LogP contribution >= 0.6 is 0 Å². The van der Waals surface area contributed by atoms with Gasteiger partial charge < -0.3 is 10.4 Å². The third-order valence-corrected chi connectivity index (χ3v) is 3.18. The minimum atomic E-state index is -0.865. The van der Waals surface area contributed by atoms with Crippen LogP contribution in [0.25, 0.3) is 0 Å². The van der Waals surface area contributed by atoms with Gasteiger partial charge in [0, 0.05) is 19.4 Å². The van der Waals surface area contributed by atoms with Gasteiger partial charge in [0.05, 0.1) is 0 Å². The number of rotatable bonds is 8. The van der Waals surface area contributed by atoms with Crippen LogP contribution in [0.5, 0.6) is 0 Å². The minimum Gasteiger partial charge on any atom is -0.481 e. The van der Waals surface area contributed by atoms with Crippen LogP contribution in [0.1, 0.15) is 32.3 Å². The number of carboxylic acids is 1. The van der Waals surface area contributed by atoms with Crippen LogP contribution in [0.15, 0.2) is 24.3 Å². The van der Waals surface area contributed by atoms with Crippen molar-refractivity contribution < 1.29 is 19.1 Å². The molecule has 4 nitrogen and oxygen atoms in total. The highest BCUT2D eigenvalue weighted by Crippen LogP contribution is 2.13. The van der Waals surface area contributed by atoms with E-state index < -0.39 is 5.97 Å². The monoisotopic (exact) mass is 295 g/mol. The molecular weight excluding hydrogens is 273 g/mol. The summed E-state index contributed by atoms with van der Waals surface area (Å²) in [5, 5.41) is 11.4. The van der Waals surface area contributed by atoms with Crippen molar-refractivity contribution in [2.45, 2.75) is 33.1 Å². The number of benzene rings is 1. The maximum absolute atomic E-state index is 13.1. The van der Waals surface area contributed by atoms with Crippen molar-refractivity contribution >= 4 is 11.9 Å². The molecule has 0 saturated carbocycles. The number of carbonyl (C=O) groups is 2. The number of carbonyl (C=O) groups excluding carboxylic acids is 1. The first-order valence-corrected chi connectivity index (χ1v) is 7.09. The van der Waals surface area contributed by atoms with Crippen molar-refractivity contribution in [2.75, 3.05) is 6.54 Å². The highest BCUT2D eigenvalue weighted by Gasteiger charge is 2.12. The number of carboxylic acid groups (broad SMARTS) is 1. The van der Waals surface area contributed by atoms with Crippen LogP contribution in [0.3, 0.4) is 0 Å². The second-order valence-corrected chi connectivity index (χ2v) is 5.65. The summed E-state index contributed by atoms with van der Waals surface area (Å²) in [5.41, 5.74) is 0.870. The van der Waals surface area contributed by atoms with Crippen molar-refractivity contribution in [3.8, 4) is 0 Å². The van der Waals surface area contributed by atoms with Crippen molar-refractivity contribution in [3.05, 3.63) is 35.6 Å². The first-order chi connectivity index (χ1) is 9.86. The predicted octanol–water partition coefficient (Wildman–Crippen LogP) is 2.62. The average Bonchev–Trinajstić information content (AvgIpc) is 2.35. The van der Waals surface area contributed by atoms with E-state index in [2.05, 4.69) is 5.32 Å². The molecule has 1 aromatic rings. The lowest BCUT2D eigenvalue weighted by molar-refractivity contribution is -0.138. The molecule has 0 aliphatic carbocycles. The van der Waals surface area contributed by atoms with Crippen LogP contribution < -0.4 is 5.32 Å². The second-order valence-electron chi connectivity index (χ2n) is 5.65. The summed E-state index contributed by atoms with van der Waals surface area (Å²) in [7, 11) is 0. The Morgan fingerprint density at radius 1 is 1.24 bits per heavy atom. The van der Waals surface area contributed by atoms with Gasteiger partial charge in [-0.15, -0.1) is 0 Å². The summed E-state index contributed by atoms with van der Waals surface area (Å²) in [6.07, 6.45) is 1.02. The molecule has 0 aliphatic heterocycles. The van der Waals surface area contributed by atoms with Gasteiger partial charge in [-0.25, -0.2) is 4.39 Å². The molecule has 21 heavy (non-hydrogen) atoms. The second kappa shape index (κ2) is 8.39. The number of amides is 1. The van der Waals surface area contributed by atoms with E-state index in [1.807, 2.05) is 13.0 Å². The van der Waals surface area contributed by atoms with E-state index >= 15 is 0 Å². The SMILES string of the molecule is CC(CNC(=O)CC(C)Cc1cccc(F)c1)CC(=O)O. The smallest absolute Gasteiger partial charge is 0.303 e. The fraction of sp³-hybridized carbons (Fsp3) is 0.500. The third kappa shape index (κ3) is 7.44. The highest BCUT2D eigenvalue weighted by atomic mass is 19.1. The van der Waals surface area contributed by atoms with E-state index in [0.29, 0.717) is 19.4 Å². The zero-order chi connectivity index (χ0) is 15.8. The summed E-state index contributed by atoms with van der Waals surface area (Å²) in [6.45, 7) is 4.08. The molecule has 0 saturated heterocycles. The Labute approximate surface area is 124 Å². The summed E-state index contributed by atoms with van der Waals surface area (Å²) in [5.74, 6) is -1.23. The number of hydrogen-bond acceptors (Lipinski definition) is 2. The fourth-order valence-corrected chi connectivity index (χ4v) is 2.19. The minimum absolute atomic E-state index is 0.0408. The Morgan fingerprint density at radius 3 is 2.57 bits per heavy atom. The zero-order valence-corrected chi connectivity index (χ0v) is 12.4. The van der Waals surface area contributed by atoms with Crippen molar-refractivity contribution in [3.63, 3.8) is 0 Å². The third-order valence-electron chi connectivity index (χ3n) is 3.18. The molecule has 1 rings (SSSR count). The molecular formula is C16H22FNO3. The molecule has 1 aromatic carbocycles. The lowest BCUT2D eigenvalue weighted by atomic mass is 9.97. The normalized spacial score (nSPS) is 13.5. The molecule has 1 amide bonds. The Bertz CT molecular complexity index is 490. The lowest BCUT2D eigenvalue weighted by Gasteiger charge is -2.14. The van der Waals surface area contributed by atoms with Crippen LogP contribution in [-0.4, -0.2) is 23.5 Å². The Kier molecular flexibility index (Phi) is 6.85. The molecule has 2 unspecified atom stereocenters. The number of aliphatic carboxylic acids is 1. The van der Waals surface area contributed by atoms with Crippen LogP contribution in [0.4, 0.5) is 4.39 Å². The molecule has 116 valence electrons. The Balaban J connectivity index is 2.32. The molecule has 0 bridgehead atoms. The standard InChI is InChI=1S/C16H22FNO3/c1-11(6-13-4-3-5-14(17)9-13)7-15(19)18-10-12(2)8-16(20)21/h3-5,9,11-12H,6-8,10H2,1-2H3,(H,18,19)(H,20,21). The van der Waals surface area contributed by atoms with Gasteiger partial charge >= 0.3 is 5.97 Å². The van der Waals surface area contributed by atoms with Gasteiger partial charge in [-0.05, 0) is 36.0 Å². The van der Waals surface area contributed by atoms with E-state index in [4.69, 9.17) is 5.11 Å². The van der Waals surface area contributed by atoms with Gasteiger partial charge in [0.15, 0.2) is 0 Å². The first-order valence-electron chi connectivity index (χ1n) is 7.09. The number of halogens is 1. The van der Waals surface area contributed by atoms with Gasteiger partial charge in [-0.2, -0.15) is 0 Å². The summed E-state index contributed by atoms with van der Waals surface area (Å²) in [6, 6.07) is 6.37. The first kappa shape index (κ1) is 17.1. The van der Waals surface area contributed by atoms with E-state index in [9.17, 15) is 14.0 Å². The van der Waals surface area contributed by atoms with Crippen molar-refractivity contribution in [1.29, 1.82) is 0 Å². The molecule has 5 heteroatoms. The quantitative estimate of drug-likeness (QED) is 0.774. The maximum Gasteiger partial charge on any atom is 0.303 e. The fourth-order valence-electron chi connectivity index (χ4n) is 2.19. The Hall–Kier alpha value is -1.91. The Morgan fingerprint density at radius 2 is 1.95 bits per heavy atom. The number of nitrogens with one attached hydrogen (secondary N) is 1. The van der Waals surface area contributed by atoms with Crippen LogP contribution in [0.2, 0.25) is 0 Å². The number of hydrogen-bond donors (Lipinski definition) is 2. The summed E-state index contributed by atoms with van der Waals surface area (Å²) >= 11 is 0. The molecule has 2 N–H and O–H groups in total. The maximum atomic E-state index is 13.1. The van der Waals surface area contributed by atoms with Crippen LogP contribution in [0, 0.1) is 17.7 Å². The van der Waals surface area contributed by atoms with Gasteiger partial charge in [0.1, 0.15) is 5.82 Å². The molecule has 0 heterocycles. The van der Waals surface area contributed by atoms with E-state index in [0.717, 1.165) is 5.56 Å². The van der Waals surface area contributed by atoms with E-state index in [1.54, 1.807) is 13.0 Å². The molecule has 0 spiro atoms. The molecule has 0 fully saturated rings. The molecule has 0 radical (unpaired) electrons. The predicted molar refractivity (Wildman–Crippen MR) is 78.3 cm³/mol. The van der Waals surface area contributed by atoms with Gasteiger partial charge in [0.25, 0.3) is 0 Å². The summed E-state index contributed by atoms with van der Waals surface area (Å²) in [4.78, 5) is 22.3. The van der Waals surface area contributed by atoms with Gasteiger partial charge in [0.2, 0.25) is 5.91 Å². The van der Waals surface area contributed by atoms with Gasteiger partial charge in [-0.3, -0.25) is 9.59 Å². The molecule has 0 aromatic heterocycles. The topological polar surface area (TPSA) is 66.4 Å². The molecule has 2 atom stereocenters.